The summed E-state index contributed by atoms with van der Waals surface area (Å²) < 4.78 is -0.000564. The average molecular weight is 413 g/mol. The Hall–Kier alpha value is 0.660. The lowest BCUT2D eigenvalue weighted by atomic mass is 9.51. The first-order valence-corrected chi connectivity index (χ1v) is 8.89. The number of carbonyl (C=O) groups is 1. The SMILES string of the molecule is CC1=CC(=O)[C@@H](Br)C(C)(C)[C@]12CC[C@@](C)(Br)[C@H](Cl)C2. The molecule has 0 aliphatic heterocycles. The zero-order valence-corrected chi connectivity index (χ0v) is 15.8. The number of hydrogen-bond acceptors (Lipinski definition) is 1. The van der Waals surface area contributed by atoms with E-state index in [4.69, 9.17) is 11.6 Å². The zero-order chi connectivity index (χ0) is 14.6. The Bertz CT molecular complexity index is 441. The van der Waals surface area contributed by atoms with Gasteiger partial charge in [0, 0.05) is 9.70 Å². The predicted molar refractivity (Wildman–Crippen MR) is 88.5 cm³/mol. The van der Waals surface area contributed by atoms with Crippen molar-refractivity contribution in [3.63, 3.8) is 0 Å². The summed E-state index contributed by atoms with van der Waals surface area (Å²) in [6, 6.07) is 0. The van der Waals surface area contributed by atoms with E-state index in [1.54, 1.807) is 0 Å². The quantitative estimate of drug-likeness (QED) is 0.498. The van der Waals surface area contributed by atoms with Gasteiger partial charge in [0.25, 0.3) is 0 Å². The van der Waals surface area contributed by atoms with Crippen LogP contribution in [0.3, 0.4) is 0 Å². The van der Waals surface area contributed by atoms with Crippen LogP contribution in [0.15, 0.2) is 11.6 Å². The molecule has 108 valence electrons. The summed E-state index contributed by atoms with van der Waals surface area (Å²) in [7, 11) is 0. The first kappa shape index (κ1) is 16.0. The standard InChI is InChI=1S/C15H21Br2ClO/c1-9-7-10(19)12(16)13(2,3)15(9)6-5-14(4,17)11(18)8-15/h7,11-12H,5-6,8H2,1-4H3/t11-,12-,14-,15+/m1/s1. The summed E-state index contributed by atoms with van der Waals surface area (Å²) >= 11 is 14.0. The molecule has 0 radical (unpaired) electrons. The van der Waals surface area contributed by atoms with Gasteiger partial charge in [-0.1, -0.05) is 51.3 Å². The van der Waals surface area contributed by atoms with Crippen LogP contribution >= 0.6 is 43.5 Å². The van der Waals surface area contributed by atoms with Crippen molar-refractivity contribution < 1.29 is 4.79 Å². The van der Waals surface area contributed by atoms with Gasteiger partial charge in [0.05, 0.1) is 4.83 Å². The van der Waals surface area contributed by atoms with Crippen molar-refractivity contribution in [1.82, 2.24) is 0 Å². The van der Waals surface area contributed by atoms with Crippen LogP contribution in [0.25, 0.3) is 0 Å². The van der Waals surface area contributed by atoms with E-state index < -0.39 is 0 Å². The number of halogens is 3. The molecule has 2 aliphatic rings. The third kappa shape index (κ3) is 2.28. The highest BCUT2D eigenvalue weighted by Crippen LogP contribution is 2.62. The van der Waals surface area contributed by atoms with Crippen molar-refractivity contribution in [3.05, 3.63) is 11.6 Å². The summed E-state index contributed by atoms with van der Waals surface area (Å²) in [5.41, 5.74) is 1.11. The molecule has 0 saturated heterocycles. The van der Waals surface area contributed by atoms with Crippen molar-refractivity contribution >= 4 is 49.2 Å². The minimum atomic E-state index is -0.118. The molecule has 0 bridgehead atoms. The van der Waals surface area contributed by atoms with E-state index in [0.29, 0.717) is 0 Å². The van der Waals surface area contributed by atoms with Gasteiger partial charge in [-0.05, 0) is 50.0 Å². The largest absolute Gasteiger partial charge is 0.294 e. The van der Waals surface area contributed by atoms with Crippen molar-refractivity contribution in [2.45, 2.75) is 61.5 Å². The molecule has 0 N–H and O–H groups in total. The van der Waals surface area contributed by atoms with E-state index in [-0.39, 0.29) is 31.1 Å². The van der Waals surface area contributed by atoms with Crippen LogP contribution < -0.4 is 0 Å². The second-order valence-corrected chi connectivity index (χ2v) is 10.1. The first-order chi connectivity index (χ1) is 8.54. The fourth-order valence-corrected chi connectivity index (χ4v) is 5.01. The van der Waals surface area contributed by atoms with Crippen LogP contribution in [0.2, 0.25) is 0 Å². The Morgan fingerprint density at radius 3 is 2.42 bits per heavy atom. The number of ketones is 1. The van der Waals surface area contributed by atoms with Crippen LogP contribution in [0.1, 0.15) is 47.0 Å². The maximum Gasteiger partial charge on any atom is 0.169 e. The van der Waals surface area contributed by atoms with Gasteiger partial charge in [-0.2, -0.15) is 0 Å². The second kappa shape index (κ2) is 4.84. The first-order valence-electron chi connectivity index (χ1n) is 6.74. The molecule has 4 atom stereocenters. The summed E-state index contributed by atoms with van der Waals surface area (Å²) in [6.07, 6.45) is 4.85. The Balaban J connectivity index is 2.48. The molecule has 1 nitrogen and oxygen atoms in total. The fraction of sp³-hybridized carbons (Fsp3) is 0.800. The van der Waals surface area contributed by atoms with Gasteiger partial charge in [0.2, 0.25) is 0 Å². The van der Waals surface area contributed by atoms with Crippen LogP contribution in [0.4, 0.5) is 0 Å². The molecule has 1 fully saturated rings. The van der Waals surface area contributed by atoms with Crippen LogP contribution in [-0.4, -0.2) is 20.3 Å². The molecule has 0 aromatic carbocycles. The van der Waals surface area contributed by atoms with Gasteiger partial charge in [-0.25, -0.2) is 0 Å². The molecule has 0 amide bonds. The van der Waals surface area contributed by atoms with E-state index >= 15 is 0 Å². The number of alkyl halides is 3. The summed E-state index contributed by atoms with van der Waals surface area (Å²) in [4.78, 5) is 12.0. The monoisotopic (exact) mass is 410 g/mol. The summed E-state index contributed by atoms with van der Waals surface area (Å²) in [5, 5.41) is 0.0803. The normalized spacial score (nSPS) is 46.3. The molecule has 1 spiro atoms. The third-order valence-electron chi connectivity index (χ3n) is 5.45. The highest BCUT2D eigenvalue weighted by molar-refractivity contribution is 9.10. The lowest BCUT2D eigenvalue weighted by molar-refractivity contribution is -0.119. The topological polar surface area (TPSA) is 17.1 Å². The molecule has 1 saturated carbocycles. The van der Waals surface area contributed by atoms with Gasteiger partial charge in [0.1, 0.15) is 0 Å². The predicted octanol–water partition coefficient (Wildman–Crippen LogP) is 5.24. The molecule has 4 heteroatoms. The minimum Gasteiger partial charge on any atom is -0.294 e. The van der Waals surface area contributed by atoms with Crippen LogP contribution in [-0.2, 0) is 4.79 Å². The molecule has 19 heavy (non-hydrogen) atoms. The van der Waals surface area contributed by atoms with E-state index in [1.807, 2.05) is 6.08 Å². The molecular formula is C15H21Br2ClO. The number of allylic oxidation sites excluding steroid dienone is 2. The van der Waals surface area contributed by atoms with Gasteiger partial charge >= 0.3 is 0 Å². The number of hydrogen-bond donors (Lipinski definition) is 0. The Kier molecular flexibility index (Phi) is 4.09. The Morgan fingerprint density at radius 1 is 1.32 bits per heavy atom. The molecule has 0 aromatic rings. The average Bonchev–Trinajstić information content (AvgIpc) is 2.29. The van der Waals surface area contributed by atoms with Crippen molar-refractivity contribution in [1.29, 1.82) is 0 Å². The highest BCUT2D eigenvalue weighted by atomic mass is 79.9. The van der Waals surface area contributed by atoms with Gasteiger partial charge in [-0.3, -0.25) is 4.79 Å². The van der Waals surface area contributed by atoms with E-state index in [9.17, 15) is 4.79 Å². The Morgan fingerprint density at radius 2 is 1.89 bits per heavy atom. The molecule has 0 aromatic heterocycles. The van der Waals surface area contributed by atoms with Gasteiger partial charge in [-0.15, -0.1) is 11.6 Å². The zero-order valence-electron chi connectivity index (χ0n) is 11.9. The Labute approximate surface area is 137 Å². The fourth-order valence-electron chi connectivity index (χ4n) is 3.71. The van der Waals surface area contributed by atoms with Crippen molar-refractivity contribution in [2.75, 3.05) is 0 Å². The lowest BCUT2D eigenvalue weighted by Crippen LogP contribution is -2.55. The van der Waals surface area contributed by atoms with Gasteiger partial charge in [0.15, 0.2) is 5.78 Å². The number of rotatable bonds is 0. The molecule has 2 rings (SSSR count). The minimum absolute atomic E-state index is 0.000564. The van der Waals surface area contributed by atoms with E-state index in [1.165, 1.54) is 5.57 Å². The lowest BCUT2D eigenvalue weighted by Gasteiger charge is -2.57. The number of carbonyl (C=O) groups excluding carboxylic acids is 1. The van der Waals surface area contributed by atoms with Crippen LogP contribution in [0, 0.1) is 10.8 Å². The molecule has 0 unspecified atom stereocenters. The smallest absolute Gasteiger partial charge is 0.169 e. The second-order valence-electron chi connectivity index (χ2n) is 6.85. The van der Waals surface area contributed by atoms with Crippen LogP contribution in [0.5, 0.6) is 0 Å². The van der Waals surface area contributed by atoms with Gasteiger partial charge < -0.3 is 0 Å². The highest BCUT2D eigenvalue weighted by Gasteiger charge is 2.58. The van der Waals surface area contributed by atoms with E-state index in [2.05, 4.69) is 59.6 Å². The summed E-state index contributed by atoms with van der Waals surface area (Å²) in [6.45, 7) is 8.66. The maximum atomic E-state index is 12.1. The maximum absolute atomic E-state index is 12.1. The van der Waals surface area contributed by atoms with Crippen molar-refractivity contribution in [3.8, 4) is 0 Å². The molecule has 2 aliphatic carbocycles. The third-order valence-corrected chi connectivity index (χ3v) is 8.90. The molecular weight excluding hydrogens is 391 g/mol. The van der Waals surface area contributed by atoms with E-state index in [0.717, 1.165) is 19.3 Å². The summed E-state index contributed by atoms with van der Waals surface area (Å²) in [5.74, 6) is 0.187. The molecule has 0 heterocycles. The van der Waals surface area contributed by atoms with Crippen molar-refractivity contribution in [2.24, 2.45) is 10.8 Å².